The van der Waals surface area contributed by atoms with Crippen molar-refractivity contribution in [3.05, 3.63) is 0 Å². The van der Waals surface area contributed by atoms with Crippen molar-refractivity contribution in [1.82, 2.24) is 5.32 Å². The molecule has 1 heterocycles. The summed E-state index contributed by atoms with van der Waals surface area (Å²) in [4.78, 5) is 0.804. The highest BCUT2D eigenvalue weighted by Crippen LogP contribution is 2.32. The van der Waals surface area contributed by atoms with Crippen molar-refractivity contribution in [2.24, 2.45) is 0 Å². The van der Waals surface area contributed by atoms with Crippen LogP contribution in [0.5, 0.6) is 0 Å². The van der Waals surface area contributed by atoms with Crippen LogP contribution in [0, 0.1) is 0 Å². The maximum absolute atomic E-state index is 3.62. The Labute approximate surface area is 58.0 Å². The van der Waals surface area contributed by atoms with E-state index in [1.807, 2.05) is 0 Å². The third-order valence-corrected chi connectivity index (χ3v) is 2.94. The molecule has 0 aromatic heterocycles. The Morgan fingerprint density at radius 1 is 1.25 bits per heavy atom. The zero-order valence-corrected chi connectivity index (χ0v) is 6.32. The molecule has 0 aromatic carbocycles. The summed E-state index contributed by atoms with van der Waals surface area (Å²) in [6, 6.07) is 1.79. The molecular formula is C6H10BrN. The van der Waals surface area contributed by atoms with Gasteiger partial charge in [0.25, 0.3) is 0 Å². The number of hydrogen-bond donors (Lipinski definition) is 1. The minimum absolute atomic E-state index is 0.804. The van der Waals surface area contributed by atoms with E-state index in [0.717, 1.165) is 16.9 Å². The Bertz CT molecular complexity index is 105. The van der Waals surface area contributed by atoms with Crippen LogP contribution in [0.15, 0.2) is 0 Å². The lowest BCUT2D eigenvalue weighted by Gasteiger charge is -2.11. The maximum atomic E-state index is 3.62. The van der Waals surface area contributed by atoms with Crippen LogP contribution in [-0.4, -0.2) is 16.9 Å². The highest BCUT2D eigenvalue weighted by Gasteiger charge is 2.40. The van der Waals surface area contributed by atoms with Gasteiger partial charge in [-0.3, -0.25) is 0 Å². The number of rotatable bonds is 0. The van der Waals surface area contributed by atoms with Crippen molar-refractivity contribution < 1.29 is 0 Å². The minimum atomic E-state index is 0.804. The average Bonchev–Trinajstić information content (AvgIpc) is 2.43. The van der Waals surface area contributed by atoms with E-state index in [0.29, 0.717) is 0 Å². The SMILES string of the molecule is BrC1CCC2NC2C1. The van der Waals surface area contributed by atoms with E-state index in [-0.39, 0.29) is 0 Å². The van der Waals surface area contributed by atoms with Gasteiger partial charge in [0.1, 0.15) is 0 Å². The largest absolute Gasteiger partial charge is 0.308 e. The van der Waals surface area contributed by atoms with E-state index in [1.165, 1.54) is 19.3 Å². The van der Waals surface area contributed by atoms with Gasteiger partial charge in [-0.25, -0.2) is 0 Å². The van der Waals surface area contributed by atoms with E-state index in [9.17, 15) is 0 Å². The fourth-order valence-corrected chi connectivity index (χ4v) is 2.16. The Hall–Kier alpha value is 0.440. The van der Waals surface area contributed by atoms with Gasteiger partial charge in [-0.2, -0.15) is 0 Å². The number of alkyl halides is 1. The monoisotopic (exact) mass is 175 g/mol. The van der Waals surface area contributed by atoms with Crippen LogP contribution in [0.25, 0.3) is 0 Å². The van der Waals surface area contributed by atoms with Crippen LogP contribution in [0.3, 0.4) is 0 Å². The maximum Gasteiger partial charge on any atom is 0.0235 e. The van der Waals surface area contributed by atoms with Gasteiger partial charge >= 0.3 is 0 Å². The van der Waals surface area contributed by atoms with Crippen molar-refractivity contribution in [3.63, 3.8) is 0 Å². The minimum Gasteiger partial charge on any atom is -0.308 e. The molecule has 3 atom stereocenters. The average molecular weight is 176 g/mol. The van der Waals surface area contributed by atoms with Crippen LogP contribution in [0.1, 0.15) is 19.3 Å². The third-order valence-electron chi connectivity index (χ3n) is 2.11. The lowest BCUT2D eigenvalue weighted by atomic mass is 10.0. The van der Waals surface area contributed by atoms with E-state index < -0.39 is 0 Å². The molecule has 3 unspecified atom stereocenters. The second-order valence-corrected chi connectivity index (χ2v) is 4.08. The second-order valence-electron chi connectivity index (χ2n) is 2.79. The molecule has 1 saturated carbocycles. The fraction of sp³-hybridized carbons (Fsp3) is 1.00. The van der Waals surface area contributed by atoms with Crippen molar-refractivity contribution in [3.8, 4) is 0 Å². The van der Waals surface area contributed by atoms with Crippen LogP contribution in [0.2, 0.25) is 0 Å². The summed E-state index contributed by atoms with van der Waals surface area (Å²) in [6.07, 6.45) is 4.11. The standard InChI is InChI=1S/C6H10BrN/c7-4-1-2-5-6(3-4)8-5/h4-6,8H,1-3H2. The summed E-state index contributed by atoms with van der Waals surface area (Å²) in [6.45, 7) is 0. The van der Waals surface area contributed by atoms with Gasteiger partial charge in [-0.15, -0.1) is 0 Å². The summed E-state index contributed by atoms with van der Waals surface area (Å²) in [5.41, 5.74) is 0. The van der Waals surface area contributed by atoms with Gasteiger partial charge in [0, 0.05) is 16.9 Å². The van der Waals surface area contributed by atoms with E-state index in [1.54, 1.807) is 0 Å². The van der Waals surface area contributed by atoms with Crippen LogP contribution >= 0.6 is 15.9 Å². The quantitative estimate of drug-likeness (QED) is 0.435. The molecule has 0 spiro atoms. The van der Waals surface area contributed by atoms with Gasteiger partial charge in [-0.1, -0.05) is 15.9 Å². The molecule has 1 N–H and O–H groups in total. The van der Waals surface area contributed by atoms with E-state index >= 15 is 0 Å². The molecule has 2 rings (SSSR count). The van der Waals surface area contributed by atoms with Gasteiger partial charge in [-0.05, 0) is 19.3 Å². The first kappa shape index (κ1) is 5.24. The molecule has 0 radical (unpaired) electrons. The molecule has 1 saturated heterocycles. The first-order valence-corrected chi connectivity index (χ1v) is 4.18. The van der Waals surface area contributed by atoms with Crippen molar-refractivity contribution in [2.75, 3.05) is 0 Å². The zero-order chi connectivity index (χ0) is 5.56. The van der Waals surface area contributed by atoms with Crippen LogP contribution in [-0.2, 0) is 0 Å². The normalized spacial score (nSPS) is 52.9. The zero-order valence-electron chi connectivity index (χ0n) is 4.73. The molecule has 0 bridgehead atoms. The lowest BCUT2D eigenvalue weighted by Crippen LogP contribution is -2.11. The Morgan fingerprint density at radius 2 is 2.12 bits per heavy atom. The third kappa shape index (κ3) is 0.799. The highest BCUT2D eigenvalue weighted by atomic mass is 79.9. The van der Waals surface area contributed by atoms with Crippen LogP contribution in [0.4, 0.5) is 0 Å². The lowest BCUT2D eigenvalue weighted by molar-refractivity contribution is 0.591. The molecule has 0 amide bonds. The summed E-state index contributed by atoms with van der Waals surface area (Å²) >= 11 is 3.62. The van der Waals surface area contributed by atoms with Gasteiger partial charge in [0.05, 0.1) is 0 Å². The Morgan fingerprint density at radius 3 is 2.75 bits per heavy atom. The summed E-state index contributed by atoms with van der Waals surface area (Å²) in [7, 11) is 0. The van der Waals surface area contributed by atoms with Crippen molar-refractivity contribution >= 4 is 15.9 Å². The van der Waals surface area contributed by atoms with E-state index in [4.69, 9.17) is 0 Å². The number of halogens is 1. The Kier molecular flexibility index (Phi) is 1.12. The molecule has 1 nitrogen and oxygen atoms in total. The molecule has 2 heteroatoms. The molecule has 8 heavy (non-hydrogen) atoms. The molecular weight excluding hydrogens is 166 g/mol. The number of fused-ring (bicyclic) bond motifs is 1. The van der Waals surface area contributed by atoms with Crippen LogP contribution < -0.4 is 5.32 Å². The number of hydrogen-bond acceptors (Lipinski definition) is 1. The first-order valence-electron chi connectivity index (χ1n) is 3.26. The van der Waals surface area contributed by atoms with Gasteiger partial charge < -0.3 is 5.32 Å². The topological polar surface area (TPSA) is 21.9 Å². The molecule has 2 aliphatic rings. The predicted molar refractivity (Wildman–Crippen MR) is 37.3 cm³/mol. The van der Waals surface area contributed by atoms with Gasteiger partial charge in [0.2, 0.25) is 0 Å². The summed E-state index contributed by atoms with van der Waals surface area (Å²) < 4.78 is 0. The molecule has 2 fully saturated rings. The first-order chi connectivity index (χ1) is 3.86. The van der Waals surface area contributed by atoms with Crippen molar-refractivity contribution in [2.45, 2.75) is 36.2 Å². The van der Waals surface area contributed by atoms with E-state index in [2.05, 4.69) is 21.2 Å². The predicted octanol–water partition coefficient (Wildman–Crippen LogP) is 1.27. The fourth-order valence-electron chi connectivity index (χ4n) is 1.49. The Balaban J connectivity index is 1.93. The summed E-state index contributed by atoms with van der Waals surface area (Å²) in [5, 5.41) is 3.43. The molecule has 46 valence electrons. The smallest absolute Gasteiger partial charge is 0.0235 e. The number of nitrogens with one attached hydrogen (secondary N) is 1. The summed E-state index contributed by atoms with van der Waals surface area (Å²) in [5.74, 6) is 0. The molecule has 0 aromatic rings. The second kappa shape index (κ2) is 1.71. The van der Waals surface area contributed by atoms with Crippen molar-refractivity contribution in [1.29, 1.82) is 0 Å². The molecule has 1 aliphatic carbocycles. The van der Waals surface area contributed by atoms with Gasteiger partial charge in [0.15, 0.2) is 0 Å². The molecule has 1 aliphatic heterocycles. The highest BCUT2D eigenvalue weighted by molar-refractivity contribution is 9.09.